The first-order valence-corrected chi connectivity index (χ1v) is 5.56. The van der Waals surface area contributed by atoms with Crippen LogP contribution in [0.15, 0.2) is 6.33 Å². The van der Waals surface area contributed by atoms with E-state index in [-0.39, 0.29) is 12.1 Å². The average molecular weight is 227 g/mol. The van der Waals surface area contributed by atoms with E-state index in [1.165, 1.54) is 0 Å². The van der Waals surface area contributed by atoms with Gasteiger partial charge in [0.25, 0.3) is 0 Å². The van der Waals surface area contributed by atoms with Gasteiger partial charge >= 0.3 is 0 Å². The van der Waals surface area contributed by atoms with Crippen molar-refractivity contribution in [3.05, 3.63) is 12.2 Å². The summed E-state index contributed by atoms with van der Waals surface area (Å²) in [6.45, 7) is 4.89. The quantitative estimate of drug-likeness (QED) is 0.510. The summed E-state index contributed by atoms with van der Waals surface area (Å²) in [7, 11) is 1.70. The van der Waals surface area contributed by atoms with Crippen LogP contribution in [0.2, 0.25) is 0 Å². The van der Waals surface area contributed by atoms with Crippen molar-refractivity contribution in [2.24, 2.45) is 5.84 Å². The van der Waals surface area contributed by atoms with Gasteiger partial charge in [0.2, 0.25) is 0 Å². The summed E-state index contributed by atoms with van der Waals surface area (Å²) in [4.78, 5) is 4.22. The molecule has 16 heavy (non-hydrogen) atoms. The van der Waals surface area contributed by atoms with Gasteiger partial charge in [-0.15, -0.1) is 0 Å². The largest absolute Gasteiger partial charge is 0.382 e. The molecule has 1 aromatic rings. The van der Waals surface area contributed by atoms with Crippen LogP contribution in [0.25, 0.3) is 0 Å². The lowest BCUT2D eigenvalue weighted by Gasteiger charge is -2.19. The summed E-state index contributed by atoms with van der Waals surface area (Å²) in [5.41, 5.74) is 2.80. The second-order valence-electron chi connectivity index (χ2n) is 3.84. The summed E-state index contributed by atoms with van der Waals surface area (Å²) < 4.78 is 7.10. The lowest BCUT2D eigenvalue weighted by molar-refractivity contribution is 0.1000. The molecule has 2 atom stereocenters. The molecule has 92 valence electrons. The number of hydrogen-bond donors (Lipinski definition) is 2. The van der Waals surface area contributed by atoms with Gasteiger partial charge in [0, 0.05) is 26.1 Å². The molecule has 1 aromatic heterocycles. The van der Waals surface area contributed by atoms with Gasteiger partial charge in [-0.3, -0.25) is 16.0 Å². The fourth-order valence-corrected chi connectivity index (χ4v) is 1.64. The highest BCUT2D eigenvalue weighted by atomic mass is 16.5. The number of hydrazine groups is 1. The zero-order valence-corrected chi connectivity index (χ0v) is 10.2. The second-order valence-corrected chi connectivity index (χ2v) is 3.84. The molecule has 0 fully saturated rings. The van der Waals surface area contributed by atoms with Crippen LogP contribution in [0, 0.1) is 0 Å². The molecule has 6 nitrogen and oxygen atoms in total. The molecule has 0 bridgehead atoms. The van der Waals surface area contributed by atoms with E-state index in [1.807, 2.05) is 18.5 Å². The highest BCUT2D eigenvalue weighted by molar-refractivity contribution is 4.89. The van der Waals surface area contributed by atoms with Crippen LogP contribution in [-0.2, 0) is 17.7 Å². The minimum atomic E-state index is 0.157. The van der Waals surface area contributed by atoms with Crippen LogP contribution in [0.3, 0.4) is 0 Å². The van der Waals surface area contributed by atoms with E-state index < -0.39 is 0 Å². The van der Waals surface area contributed by atoms with Crippen molar-refractivity contribution in [2.45, 2.75) is 45.4 Å². The van der Waals surface area contributed by atoms with Gasteiger partial charge in [-0.2, -0.15) is 5.10 Å². The van der Waals surface area contributed by atoms with E-state index in [1.54, 1.807) is 13.4 Å². The predicted octanol–water partition coefficient (Wildman–Crippen LogP) is 0.0974. The highest BCUT2D eigenvalue weighted by Crippen LogP contribution is 2.06. The summed E-state index contributed by atoms with van der Waals surface area (Å²) in [5.74, 6) is 6.47. The third-order valence-electron chi connectivity index (χ3n) is 2.68. The van der Waals surface area contributed by atoms with Gasteiger partial charge in [-0.25, -0.2) is 4.98 Å². The monoisotopic (exact) mass is 227 g/mol. The summed E-state index contributed by atoms with van der Waals surface area (Å²) in [6.07, 6.45) is 3.37. The Morgan fingerprint density at radius 1 is 1.62 bits per heavy atom. The van der Waals surface area contributed by atoms with Crippen molar-refractivity contribution in [3.8, 4) is 0 Å². The molecule has 6 heteroatoms. The molecule has 0 amide bonds. The number of rotatable bonds is 7. The molecular weight excluding hydrogens is 206 g/mol. The van der Waals surface area contributed by atoms with Crippen LogP contribution < -0.4 is 11.3 Å². The molecule has 0 saturated carbocycles. The maximum atomic E-state index is 5.52. The smallest absolute Gasteiger partial charge is 0.138 e. The number of methoxy groups -OCH3 is 1. The minimum Gasteiger partial charge on any atom is -0.382 e. The second kappa shape index (κ2) is 6.57. The first kappa shape index (κ1) is 13.1. The number of nitrogens with two attached hydrogens (primary N) is 1. The Morgan fingerprint density at radius 2 is 2.38 bits per heavy atom. The first-order valence-electron chi connectivity index (χ1n) is 5.56. The summed E-state index contributed by atoms with van der Waals surface area (Å²) in [6, 6.07) is 0.157. The molecule has 0 aromatic carbocycles. The Balaban J connectivity index is 2.56. The van der Waals surface area contributed by atoms with Gasteiger partial charge in [0.15, 0.2) is 0 Å². The summed E-state index contributed by atoms with van der Waals surface area (Å²) in [5, 5.41) is 4.13. The Labute approximate surface area is 96.2 Å². The van der Waals surface area contributed by atoms with Crippen molar-refractivity contribution in [2.75, 3.05) is 7.11 Å². The molecule has 0 aliphatic carbocycles. The Kier molecular flexibility index (Phi) is 5.37. The lowest BCUT2D eigenvalue weighted by atomic mass is 10.1. The number of ether oxygens (including phenoxy) is 1. The van der Waals surface area contributed by atoms with Gasteiger partial charge < -0.3 is 4.74 Å². The number of aromatic nitrogens is 3. The fourth-order valence-electron chi connectivity index (χ4n) is 1.64. The normalized spacial score (nSPS) is 15.0. The molecule has 0 spiro atoms. The molecule has 0 radical (unpaired) electrons. The molecule has 1 rings (SSSR count). The van der Waals surface area contributed by atoms with Crippen molar-refractivity contribution in [3.63, 3.8) is 0 Å². The maximum Gasteiger partial charge on any atom is 0.138 e. The Hall–Kier alpha value is -0.980. The van der Waals surface area contributed by atoms with Crippen molar-refractivity contribution in [1.29, 1.82) is 0 Å². The number of nitrogens with zero attached hydrogens (tertiary/aromatic N) is 3. The van der Waals surface area contributed by atoms with Crippen molar-refractivity contribution >= 4 is 0 Å². The van der Waals surface area contributed by atoms with E-state index >= 15 is 0 Å². The zero-order chi connectivity index (χ0) is 12.0. The Morgan fingerprint density at radius 3 is 2.94 bits per heavy atom. The number of hydrogen-bond acceptors (Lipinski definition) is 5. The van der Waals surface area contributed by atoms with Crippen molar-refractivity contribution < 1.29 is 4.74 Å². The third-order valence-corrected chi connectivity index (χ3v) is 2.68. The van der Waals surface area contributed by atoms with Gasteiger partial charge in [-0.05, 0) is 20.3 Å². The lowest BCUT2D eigenvalue weighted by Crippen LogP contribution is -2.39. The van der Waals surface area contributed by atoms with Gasteiger partial charge in [-0.1, -0.05) is 0 Å². The molecule has 1 heterocycles. The van der Waals surface area contributed by atoms with E-state index in [9.17, 15) is 0 Å². The van der Waals surface area contributed by atoms with E-state index in [0.717, 1.165) is 25.2 Å². The minimum absolute atomic E-state index is 0.157. The fraction of sp³-hybridized carbons (Fsp3) is 0.800. The molecule has 2 unspecified atom stereocenters. The number of aryl methyl sites for hydroxylation is 1. The van der Waals surface area contributed by atoms with Gasteiger partial charge in [0.05, 0.1) is 6.10 Å². The molecule has 0 aliphatic rings. The Bertz CT molecular complexity index is 301. The van der Waals surface area contributed by atoms with Crippen LogP contribution in [0.5, 0.6) is 0 Å². The SMILES string of the molecule is CCn1ncnc1CC(CC(C)OC)NN. The van der Waals surface area contributed by atoms with E-state index in [2.05, 4.69) is 15.5 Å². The van der Waals surface area contributed by atoms with Crippen LogP contribution in [0.4, 0.5) is 0 Å². The first-order chi connectivity index (χ1) is 7.71. The van der Waals surface area contributed by atoms with Crippen LogP contribution in [0.1, 0.15) is 26.1 Å². The molecular formula is C10H21N5O. The molecule has 0 saturated heterocycles. The zero-order valence-electron chi connectivity index (χ0n) is 10.2. The average Bonchev–Trinajstić information content (AvgIpc) is 2.75. The summed E-state index contributed by atoms with van der Waals surface area (Å²) >= 11 is 0. The standard InChI is InChI=1S/C10H21N5O/c1-4-15-10(12-7-13-15)6-9(14-11)5-8(2)16-3/h7-9,14H,4-6,11H2,1-3H3. The van der Waals surface area contributed by atoms with E-state index in [0.29, 0.717) is 0 Å². The van der Waals surface area contributed by atoms with Gasteiger partial charge in [0.1, 0.15) is 12.2 Å². The highest BCUT2D eigenvalue weighted by Gasteiger charge is 2.15. The van der Waals surface area contributed by atoms with Crippen LogP contribution in [-0.4, -0.2) is 34.0 Å². The molecule has 3 N–H and O–H groups in total. The predicted molar refractivity (Wildman–Crippen MR) is 61.6 cm³/mol. The topological polar surface area (TPSA) is 78.0 Å². The number of nitrogens with one attached hydrogen (secondary N) is 1. The maximum absolute atomic E-state index is 5.52. The van der Waals surface area contributed by atoms with Crippen LogP contribution >= 0.6 is 0 Å². The van der Waals surface area contributed by atoms with Crippen molar-refractivity contribution in [1.82, 2.24) is 20.2 Å². The third kappa shape index (κ3) is 3.55. The molecule has 0 aliphatic heterocycles. The van der Waals surface area contributed by atoms with E-state index in [4.69, 9.17) is 10.6 Å².